The zero-order chi connectivity index (χ0) is 20.0. The maximum Gasteiger partial charge on any atom is 0.317 e. The predicted octanol–water partition coefficient (Wildman–Crippen LogP) is 2.83. The molecule has 0 atom stereocenters. The molecule has 1 aromatic rings. The van der Waals surface area contributed by atoms with Crippen molar-refractivity contribution in [2.75, 3.05) is 26.2 Å². The Labute approximate surface area is 163 Å². The molecule has 1 aliphatic rings. The van der Waals surface area contributed by atoms with Crippen molar-refractivity contribution >= 4 is 16.0 Å². The summed E-state index contributed by atoms with van der Waals surface area (Å²) in [5, 5.41) is 9.02. The fourth-order valence-electron chi connectivity index (χ4n) is 3.55. The van der Waals surface area contributed by atoms with Crippen LogP contribution in [0.2, 0.25) is 0 Å². The number of hydrogen-bond donors (Lipinski definition) is 1. The highest BCUT2D eigenvalue weighted by molar-refractivity contribution is 7.89. The number of carboxylic acids is 1. The summed E-state index contributed by atoms with van der Waals surface area (Å²) in [5.41, 5.74) is 1.16. The van der Waals surface area contributed by atoms with E-state index in [-0.39, 0.29) is 12.6 Å². The van der Waals surface area contributed by atoms with Crippen molar-refractivity contribution < 1.29 is 18.3 Å². The molecular weight excluding hydrogens is 364 g/mol. The quantitative estimate of drug-likeness (QED) is 0.694. The van der Waals surface area contributed by atoms with Crippen molar-refractivity contribution in [3.8, 4) is 0 Å². The molecule has 0 aromatic heterocycles. The summed E-state index contributed by atoms with van der Waals surface area (Å²) in [6, 6.07) is 7.36. The topological polar surface area (TPSA) is 77.9 Å². The number of carboxylic acid groups (broad SMARTS) is 1. The lowest BCUT2D eigenvalue weighted by atomic mass is 10.0. The Morgan fingerprint density at radius 3 is 2.30 bits per heavy atom. The number of aliphatic carboxylic acids is 1. The SMILES string of the molecule is CCN(CC(=O)O)C1CCN(S(=O)(=O)c2ccc(CCC(C)C)cc2)CC1. The average molecular weight is 397 g/mol. The molecule has 0 saturated carbocycles. The Bertz CT molecular complexity index is 708. The molecule has 0 bridgehead atoms. The first-order valence-corrected chi connectivity index (χ1v) is 11.2. The van der Waals surface area contributed by atoms with E-state index in [0.29, 0.717) is 43.3 Å². The van der Waals surface area contributed by atoms with Crippen LogP contribution < -0.4 is 0 Å². The number of nitrogens with zero attached hydrogens (tertiary/aromatic N) is 2. The minimum Gasteiger partial charge on any atom is -0.480 e. The van der Waals surface area contributed by atoms with E-state index in [1.54, 1.807) is 12.1 Å². The van der Waals surface area contributed by atoms with E-state index in [1.165, 1.54) is 4.31 Å². The van der Waals surface area contributed by atoms with Crippen molar-refractivity contribution in [2.24, 2.45) is 5.92 Å². The molecule has 0 unspecified atom stereocenters. The van der Waals surface area contributed by atoms with Crippen LogP contribution in [-0.2, 0) is 21.2 Å². The molecule has 0 aliphatic carbocycles. The number of sulfonamides is 1. The third-order valence-electron chi connectivity index (χ3n) is 5.26. The minimum atomic E-state index is -3.49. The molecule has 1 fully saturated rings. The van der Waals surface area contributed by atoms with Crippen LogP contribution in [0.15, 0.2) is 29.2 Å². The first kappa shape index (κ1) is 21.9. The fraction of sp³-hybridized carbons (Fsp3) is 0.650. The smallest absolute Gasteiger partial charge is 0.317 e. The van der Waals surface area contributed by atoms with E-state index in [9.17, 15) is 13.2 Å². The summed E-state index contributed by atoms with van der Waals surface area (Å²) in [6.07, 6.45) is 3.36. The number of aryl methyl sites for hydroxylation is 1. The summed E-state index contributed by atoms with van der Waals surface area (Å²) >= 11 is 0. The summed E-state index contributed by atoms with van der Waals surface area (Å²) in [6.45, 7) is 7.81. The molecule has 0 radical (unpaired) electrons. The fourth-order valence-corrected chi connectivity index (χ4v) is 5.02. The Morgan fingerprint density at radius 1 is 1.22 bits per heavy atom. The van der Waals surface area contributed by atoms with Gasteiger partial charge in [-0.05, 0) is 55.8 Å². The van der Waals surface area contributed by atoms with E-state index in [2.05, 4.69) is 13.8 Å². The van der Waals surface area contributed by atoms with Gasteiger partial charge in [-0.1, -0.05) is 32.9 Å². The lowest BCUT2D eigenvalue weighted by Crippen LogP contribution is -2.48. The van der Waals surface area contributed by atoms with Crippen LogP contribution in [-0.4, -0.2) is 60.9 Å². The zero-order valence-corrected chi connectivity index (χ0v) is 17.4. The largest absolute Gasteiger partial charge is 0.480 e. The van der Waals surface area contributed by atoms with E-state index >= 15 is 0 Å². The van der Waals surface area contributed by atoms with E-state index in [4.69, 9.17) is 5.11 Å². The monoisotopic (exact) mass is 396 g/mol. The van der Waals surface area contributed by atoms with Gasteiger partial charge in [-0.25, -0.2) is 8.42 Å². The molecular formula is C20H32N2O4S. The summed E-state index contributed by atoms with van der Waals surface area (Å²) in [5.74, 6) is -0.219. The maximum absolute atomic E-state index is 12.9. The highest BCUT2D eigenvalue weighted by atomic mass is 32.2. The van der Waals surface area contributed by atoms with Gasteiger partial charge in [0.25, 0.3) is 0 Å². The molecule has 1 saturated heterocycles. The average Bonchev–Trinajstić information content (AvgIpc) is 2.64. The molecule has 1 aliphatic heterocycles. The van der Waals surface area contributed by atoms with Crippen LogP contribution in [0.3, 0.4) is 0 Å². The summed E-state index contributed by atoms with van der Waals surface area (Å²) < 4.78 is 27.3. The van der Waals surface area contributed by atoms with E-state index in [1.807, 2.05) is 24.0 Å². The van der Waals surface area contributed by atoms with Crippen LogP contribution in [0.1, 0.15) is 45.6 Å². The number of rotatable bonds is 9. The molecule has 0 amide bonds. The van der Waals surface area contributed by atoms with Gasteiger partial charge in [0, 0.05) is 19.1 Å². The van der Waals surface area contributed by atoms with Gasteiger partial charge in [0.05, 0.1) is 11.4 Å². The number of likely N-dealkylation sites (N-methyl/N-ethyl adjacent to an activating group) is 1. The van der Waals surface area contributed by atoms with E-state index in [0.717, 1.165) is 18.4 Å². The number of benzene rings is 1. The van der Waals surface area contributed by atoms with Crippen molar-refractivity contribution in [1.82, 2.24) is 9.21 Å². The van der Waals surface area contributed by atoms with Gasteiger partial charge in [-0.3, -0.25) is 9.69 Å². The van der Waals surface area contributed by atoms with Crippen molar-refractivity contribution in [3.05, 3.63) is 29.8 Å². The van der Waals surface area contributed by atoms with Gasteiger partial charge < -0.3 is 5.11 Å². The maximum atomic E-state index is 12.9. The third kappa shape index (κ3) is 6.02. The van der Waals surface area contributed by atoms with Gasteiger partial charge >= 0.3 is 5.97 Å². The molecule has 7 heteroatoms. The lowest BCUT2D eigenvalue weighted by molar-refractivity contribution is -0.139. The Morgan fingerprint density at radius 2 is 1.81 bits per heavy atom. The van der Waals surface area contributed by atoms with Gasteiger partial charge in [0.1, 0.15) is 0 Å². The normalized spacial score (nSPS) is 16.9. The molecule has 27 heavy (non-hydrogen) atoms. The summed E-state index contributed by atoms with van der Waals surface area (Å²) in [7, 11) is -3.49. The van der Waals surface area contributed by atoms with Crippen LogP contribution in [0.25, 0.3) is 0 Å². The predicted molar refractivity (Wildman–Crippen MR) is 106 cm³/mol. The Kier molecular flexibility index (Phi) is 7.82. The lowest BCUT2D eigenvalue weighted by Gasteiger charge is -2.36. The standard InChI is InChI=1S/C20H32N2O4S/c1-4-21(15-20(23)24)18-11-13-22(14-12-18)27(25,26)19-9-7-17(8-10-19)6-5-16(2)3/h7-10,16,18H,4-6,11-15H2,1-3H3,(H,23,24). The molecule has 1 heterocycles. The van der Waals surface area contributed by atoms with Crippen LogP contribution >= 0.6 is 0 Å². The molecule has 0 spiro atoms. The second-order valence-corrected chi connectivity index (χ2v) is 9.61. The number of piperidine rings is 1. The van der Waals surface area contributed by atoms with Gasteiger partial charge in [0.2, 0.25) is 10.0 Å². The van der Waals surface area contributed by atoms with Crippen LogP contribution in [0.5, 0.6) is 0 Å². The van der Waals surface area contributed by atoms with Crippen LogP contribution in [0, 0.1) is 5.92 Å². The first-order valence-electron chi connectivity index (χ1n) is 9.79. The van der Waals surface area contributed by atoms with E-state index < -0.39 is 16.0 Å². The van der Waals surface area contributed by atoms with Gasteiger partial charge in [0.15, 0.2) is 0 Å². The highest BCUT2D eigenvalue weighted by Gasteiger charge is 2.31. The molecule has 6 nitrogen and oxygen atoms in total. The molecule has 2 rings (SSSR count). The highest BCUT2D eigenvalue weighted by Crippen LogP contribution is 2.24. The first-order chi connectivity index (χ1) is 12.7. The second kappa shape index (κ2) is 9.66. The minimum absolute atomic E-state index is 0.00571. The number of hydrogen-bond acceptors (Lipinski definition) is 4. The Hall–Kier alpha value is -1.44. The Balaban J connectivity index is 1.99. The van der Waals surface area contributed by atoms with Gasteiger partial charge in [-0.15, -0.1) is 0 Å². The van der Waals surface area contributed by atoms with Gasteiger partial charge in [-0.2, -0.15) is 4.31 Å². The molecule has 1 N–H and O–H groups in total. The third-order valence-corrected chi connectivity index (χ3v) is 7.17. The van der Waals surface area contributed by atoms with Crippen LogP contribution in [0.4, 0.5) is 0 Å². The molecule has 152 valence electrons. The zero-order valence-electron chi connectivity index (χ0n) is 16.6. The summed E-state index contributed by atoms with van der Waals surface area (Å²) in [4.78, 5) is 13.2. The number of carbonyl (C=O) groups is 1. The van der Waals surface area contributed by atoms with Crippen molar-refractivity contribution in [1.29, 1.82) is 0 Å². The molecule has 1 aromatic carbocycles. The van der Waals surface area contributed by atoms with Crippen molar-refractivity contribution in [2.45, 2.75) is 57.4 Å². The van der Waals surface area contributed by atoms with Crippen molar-refractivity contribution in [3.63, 3.8) is 0 Å². The second-order valence-electron chi connectivity index (χ2n) is 7.67.